The van der Waals surface area contributed by atoms with Crippen LogP contribution in [-0.2, 0) is 47.7 Å². The molecule has 15 N–H and O–H groups in total. The van der Waals surface area contributed by atoms with Crippen LogP contribution in [0.25, 0.3) is 12.2 Å². The molecule has 4 aliphatic rings. The first-order chi connectivity index (χ1) is 35.0. The molecular weight excluding hydrogens is 993 g/mol. The van der Waals surface area contributed by atoms with Crippen molar-refractivity contribution < 1.29 is 129 Å². The van der Waals surface area contributed by atoms with Gasteiger partial charge in [0.1, 0.15) is 48.8 Å². The van der Waals surface area contributed by atoms with E-state index in [-0.39, 0.29) is 22.3 Å². The number of rotatable bonds is 15. The second kappa shape index (κ2) is 22.1. The zero-order chi connectivity index (χ0) is 54.0. The third-order valence-electron chi connectivity index (χ3n) is 12.4. The quantitative estimate of drug-likeness (QED) is 0.0334. The number of phenols is 5. The fraction of sp³-hybridized carbons (Fsp3) is 0.354. The van der Waals surface area contributed by atoms with Gasteiger partial charge < -0.3 is 105 Å². The highest BCUT2D eigenvalue weighted by atomic mass is 16.7. The molecule has 26 heteroatoms. The molecule has 0 bridgehead atoms. The molecule has 14 unspecified atom stereocenters. The highest BCUT2D eigenvalue weighted by molar-refractivity contribution is 6.02. The molecule has 0 spiro atoms. The molecule has 396 valence electrons. The average molecular weight is 1040 g/mol. The van der Waals surface area contributed by atoms with Crippen LogP contribution in [-0.4, -0.2) is 193 Å². The Bertz CT molecular complexity index is 2800. The number of hydrogen-bond acceptors (Lipinski definition) is 24. The van der Waals surface area contributed by atoms with Crippen LogP contribution < -0.4 is 4.74 Å². The number of carboxylic acid groups (broad SMARTS) is 2. The third-order valence-corrected chi connectivity index (χ3v) is 12.4. The van der Waals surface area contributed by atoms with Gasteiger partial charge in [0.2, 0.25) is 12.0 Å². The number of benzene rings is 3. The largest absolute Gasteiger partial charge is 0.504 e. The normalized spacial score (nSPS) is 29.0. The molecule has 7 rings (SSSR count). The number of carbonyl (C=O) groups excluding carboxylic acids is 3. The van der Waals surface area contributed by atoms with Crippen molar-refractivity contribution in [3.05, 3.63) is 106 Å². The lowest BCUT2D eigenvalue weighted by Gasteiger charge is -2.40. The highest BCUT2D eigenvalue weighted by Gasteiger charge is 2.50. The highest BCUT2D eigenvalue weighted by Crippen LogP contribution is 2.49. The Labute approximate surface area is 415 Å². The lowest BCUT2D eigenvalue weighted by molar-refractivity contribution is -0.277. The molecule has 2 heterocycles. The molecule has 0 saturated carbocycles. The van der Waals surface area contributed by atoms with E-state index < -0.39 is 186 Å². The molecule has 0 aromatic heterocycles. The van der Waals surface area contributed by atoms with Crippen LogP contribution in [0.1, 0.15) is 34.6 Å². The molecular formula is C48H48O26. The molecule has 0 radical (unpaired) electrons. The van der Waals surface area contributed by atoms with Gasteiger partial charge in [-0.05, 0) is 76.9 Å². The smallest absolute Gasteiger partial charge is 0.370 e. The summed E-state index contributed by atoms with van der Waals surface area (Å²) in [6, 6.07) is 8.42. The molecule has 26 nitrogen and oxygen atoms in total. The number of hydrogen-bond donors (Lipinski definition) is 15. The maximum atomic E-state index is 15.3. The molecule has 74 heavy (non-hydrogen) atoms. The standard InChI is InChI=1S/C48H48O26/c49-15-29(57)42-43(74-35(58)6-2-17-1-4-23(51)25(53)7-17)32(14-33(69-42)45(65)66)71-47(68)37-22(46(67)70-31-12-20(44(63)64)11-28(56)38(31)59)8-19-10-27(55)30(72-48-41(62)40(61)39(60)34(16-50)73-48)13-21(19)36(37)18-3-5-24(52)26(54)9-18/h1-11,13-14,28-29,31-32,34,36-43,48-57,59-62H,12,15-16H2,(H,63,64)(H,65,66). The topological polar surface area (TPSA) is 444 Å². The Balaban J connectivity index is 1.37. The number of esters is 3. The van der Waals surface area contributed by atoms with Gasteiger partial charge in [-0.3, -0.25) is 4.79 Å². The van der Waals surface area contributed by atoms with Crippen molar-refractivity contribution in [3.63, 3.8) is 0 Å². The lowest BCUT2D eigenvalue weighted by atomic mass is 9.71. The van der Waals surface area contributed by atoms with Crippen LogP contribution in [0.5, 0.6) is 34.5 Å². The Morgan fingerprint density at radius 1 is 0.743 bits per heavy atom. The SMILES string of the molecule is O=C(C=Cc1ccc(O)c(O)c1)OC1C(OC(=O)C2C(C(=O)OC3CC(C(=O)O)=CC(O)C3O)=Cc3cc(O)c(OC4OC(CO)C(O)C(O)C4O)cc3C2c2ccc(O)c(O)c2)C=C(C(=O)O)OC1C(O)CO. The van der Waals surface area contributed by atoms with Gasteiger partial charge >= 0.3 is 29.8 Å². The second-order valence-corrected chi connectivity index (χ2v) is 17.2. The number of carbonyl (C=O) groups is 5. The molecule has 14 atom stereocenters. The van der Waals surface area contributed by atoms with Crippen LogP contribution >= 0.6 is 0 Å². The Hall–Kier alpha value is -7.79. The first kappa shape index (κ1) is 54.0. The van der Waals surface area contributed by atoms with E-state index in [1.807, 2.05) is 0 Å². The van der Waals surface area contributed by atoms with E-state index in [9.17, 15) is 95.8 Å². The summed E-state index contributed by atoms with van der Waals surface area (Å²) in [5, 5.41) is 156. The third kappa shape index (κ3) is 11.2. The van der Waals surface area contributed by atoms with Gasteiger partial charge in [-0.25, -0.2) is 19.2 Å². The Kier molecular flexibility index (Phi) is 16.2. The van der Waals surface area contributed by atoms with E-state index in [1.165, 1.54) is 6.07 Å². The van der Waals surface area contributed by atoms with E-state index in [1.54, 1.807) is 0 Å². The number of aliphatic carboxylic acids is 2. The number of aromatic hydroxyl groups is 5. The van der Waals surface area contributed by atoms with Gasteiger partial charge in [-0.1, -0.05) is 12.1 Å². The van der Waals surface area contributed by atoms with Gasteiger partial charge in [0, 0.05) is 30.1 Å². The van der Waals surface area contributed by atoms with E-state index in [4.69, 9.17) is 28.4 Å². The fourth-order valence-corrected chi connectivity index (χ4v) is 8.59. The summed E-state index contributed by atoms with van der Waals surface area (Å²) in [4.78, 5) is 67.7. The minimum absolute atomic E-state index is 0.135. The maximum absolute atomic E-state index is 15.3. The Morgan fingerprint density at radius 3 is 2.07 bits per heavy atom. The first-order valence-electron chi connectivity index (χ1n) is 22.1. The number of aliphatic hydroxyl groups excluding tert-OH is 8. The average Bonchev–Trinajstić information content (AvgIpc) is 3.36. The summed E-state index contributed by atoms with van der Waals surface area (Å²) >= 11 is 0. The molecule has 2 aliphatic carbocycles. The van der Waals surface area contributed by atoms with E-state index in [0.29, 0.717) is 6.08 Å². The minimum Gasteiger partial charge on any atom is -0.504 e. The zero-order valence-corrected chi connectivity index (χ0v) is 37.9. The number of fused-ring (bicyclic) bond motifs is 1. The van der Waals surface area contributed by atoms with Gasteiger partial charge in [-0.2, -0.15) is 0 Å². The summed E-state index contributed by atoms with van der Waals surface area (Å²) < 4.78 is 33.6. The summed E-state index contributed by atoms with van der Waals surface area (Å²) in [5.41, 5.74) is -1.61. The van der Waals surface area contributed by atoms with E-state index in [2.05, 4.69) is 0 Å². The van der Waals surface area contributed by atoms with Crippen LogP contribution in [0.15, 0.2) is 83.7 Å². The van der Waals surface area contributed by atoms with Crippen molar-refractivity contribution in [2.75, 3.05) is 13.2 Å². The molecule has 3 aromatic carbocycles. The number of aliphatic hydroxyl groups is 8. The van der Waals surface area contributed by atoms with Crippen molar-refractivity contribution in [1.29, 1.82) is 0 Å². The summed E-state index contributed by atoms with van der Waals surface area (Å²) in [6.45, 7) is -2.05. The van der Waals surface area contributed by atoms with Crippen LogP contribution in [0, 0.1) is 5.92 Å². The monoisotopic (exact) mass is 1040 g/mol. The van der Waals surface area contributed by atoms with Crippen LogP contribution in [0.2, 0.25) is 0 Å². The van der Waals surface area contributed by atoms with E-state index >= 15 is 4.79 Å². The van der Waals surface area contributed by atoms with Gasteiger partial charge in [0.05, 0.1) is 24.7 Å². The predicted octanol–water partition coefficient (Wildman–Crippen LogP) is -2.16. The summed E-state index contributed by atoms with van der Waals surface area (Å²) in [5.74, 6) is -16.7. The molecule has 2 aliphatic heterocycles. The van der Waals surface area contributed by atoms with Crippen LogP contribution in [0.3, 0.4) is 0 Å². The Morgan fingerprint density at radius 2 is 1.43 bits per heavy atom. The van der Waals surface area contributed by atoms with Crippen LogP contribution in [0.4, 0.5) is 0 Å². The number of phenolic OH excluding ortho intramolecular Hbond substituents is 5. The lowest BCUT2D eigenvalue weighted by Crippen LogP contribution is -2.60. The van der Waals surface area contributed by atoms with Crippen molar-refractivity contribution >= 4 is 42.0 Å². The number of carboxylic acids is 2. The maximum Gasteiger partial charge on any atom is 0.370 e. The summed E-state index contributed by atoms with van der Waals surface area (Å²) in [7, 11) is 0. The first-order valence-corrected chi connectivity index (χ1v) is 22.1. The molecule has 1 saturated heterocycles. The van der Waals surface area contributed by atoms with Crippen molar-refractivity contribution in [2.24, 2.45) is 5.92 Å². The van der Waals surface area contributed by atoms with Gasteiger partial charge in [0.15, 0.2) is 52.8 Å². The number of ether oxygens (including phenoxy) is 6. The summed E-state index contributed by atoms with van der Waals surface area (Å²) in [6.07, 6.45) is -19.7. The van der Waals surface area contributed by atoms with Crippen molar-refractivity contribution in [3.8, 4) is 34.5 Å². The van der Waals surface area contributed by atoms with Crippen molar-refractivity contribution in [2.45, 2.75) is 85.8 Å². The zero-order valence-electron chi connectivity index (χ0n) is 37.9. The predicted molar refractivity (Wildman–Crippen MR) is 240 cm³/mol. The van der Waals surface area contributed by atoms with Gasteiger partial charge in [0.25, 0.3) is 0 Å². The fourth-order valence-electron chi connectivity index (χ4n) is 8.59. The molecule has 0 amide bonds. The molecule has 3 aromatic rings. The van der Waals surface area contributed by atoms with Crippen molar-refractivity contribution in [1.82, 2.24) is 0 Å². The minimum atomic E-state index is -2.17. The second-order valence-electron chi connectivity index (χ2n) is 17.2. The molecule has 1 fully saturated rings. The van der Waals surface area contributed by atoms with Gasteiger partial charge in [-0.15, -0.1) is 0 Å². The van der Waals surface area contributed by atoms with E-state index in [0.717, 1.165) is 66.8 Å².